The van der Waals surface area contributed by atoms with Crippen molar-refractivity contribution in [1.29, 1.82) is 0 Å². The first kappa shape index (κ1) is 21.1. The Kier molecular flexibility index (Phi) is 5.65. The number of carbonyl (C=O) groups excluding carboxylic acids is 1. The average Bonchev–Trinajstić information content (AvgIpc) is 2.69. The molecular formula is C19H14F3N3O4S. The number of rotatable bonds is 5. The van der Waals surface area contributed by atoms with Crippen LogP contribution in [0.5, 0.6) is 0 Å². The van der Waals surface area contributed by atoms with E-state index >= 15 is 0 Å². The van der Waals surface area contributed by atoms with Gasteiger partial charge in [0.15, 0.2) is 0 Å². The highest BCUT2D eigenvalue weighted by molar-refractivity contribution is 7.92. The van der Waals surface area contributed by atoms with E-state index in [4.69, 9.17) is 0 Å². The van der Waals surface area contributed by atoms with Gasteiger partial charge in [-0.1, -0.05) is 18.2 Å². The normalized spacial score (nSPS) is 11.7. The molecule has 30 heavy (non-hydrogen) atoms. The number of sulfonamides is 1. The SMILES string of the molecule is O=C(Nc1cc(C(F)(F)F)c[nH]c1=O)c1ccc(S(=O)(=O)Nc2ccccc2)cc1. The van der Waals surface area contributed by atoms with Crippen molar-refractivity contribution in [2.24, 2.45) is 0 Å². The Morgan fingerprint density at radius 1 is 0.967 bits per heavy atom. The molecule has 2 aromatic carbocycles. The minimum absolute atomic E-state index is 0.0505. The van der Waals surface area contributed by atoms with Crippen molar-refractivity contribution in [3.63, 3.8) is 0 Å². The van der Waals surface area contributed by atoms with Crippen LogP contribution in [0.3, 0.4) is 0 Å². The Morgan fingerprint density at radius 2 is 1.60 bits per heavy atom. The molecular weight excluding hydrogens is 423 g/mol. The number of hydrogen-bond acceptors (Lipinski definition) is 4. The summed E-state index contributed by atoms with van der Waals surface area (Å²) in [5.41, 5.74) is -2.33. The molecule has 0 fully saturated rings. The van der Waals surface area contributed by atoms with Gasteiger partial charge >= 0.3 is 6.18 Å². The van der Waals surface area contributed by atoms with Crippen molar-refractivity contribution in [2.45, 2.75) is 11.1 Å². The zero-order valence-corrected chi connectivity index (χ0v) is 15.8. The highest BCUT2D eigenvalue weighted by Gasteiger charge is 2.31. The zero-order valence-electron chi connectivity index (χ0n) is 15.0. The molecule has 1 aromatic heterocycles. The molecule has 0 saturated heterocycles. The molecule has 3 aromatic rings. The molecule has 3 N–H and O–H groups in total. The molecule has 0 spiro atoms. The number of nitrogens with one attached hydrogen (secondary N) is 3. The second kappa shape index (κ2) is 8.03. The molecule has 0 atom stereocenters. The van der Waals surface area contributed by atoms with Gasteiger partial charge in [-0.05, 0) is 42.5 Å². The molecule has 7 nitrogen and oxygen atoms in total. The number of para-hydroxylation sites is 1. The molecule has 1 heterocycles. The lowest BCUT2D eigenvalue weighted by Gasteiger charge is -2.10. The van der Waals surface area contributed by atoms with Gasteiger partial charge in [0.25, 0.3) is 21.5 Å². The van der Waals surface area contributed by atoms with E-state index in [-0.39, 0.29) is 10.5 Å². The molecule has 11 heteroatoms. The Bertz CT molecular complexity index is 1220. The van der Waals surface area contributed by atoms with Gasteiger partial charge in [0, 0.05) is 17.4 Å². The second-order valence-electron chi connectivity index (χ2n) is 6.08. The van der Waals surface area contributed by atoms with Gasteiger partial charge in [0.05, 0.1) is 10.5 Å². The van der Waals surface area contributed by atoms with E-state index < -0.39 is 38.9 Å². The van der Waals surface area contributed by atoms with Crippen LogP contribution in [0, 0.1) is 0 Å². The van der Waals surface area contributed by atoms with Gasteiger partial charge in [-0.2, -0.15) is 13.2 Å². The fraction of sp³-hybridized carbons (Fsp3) is 0.0526. The Morgan fingerprint density at radius 3 is 2.20 bits per heavy atom. The highest BCUT2D eigenvalue weighted by atomic mass is 32.2. The fourth-order valence-electron chi connectivity index (χ4n) is 2.44. The van der Waals surface area contributed by atoms with E-state index in [1.165, 1.54) is 12.1 Å². The first-order valence-corrected chi connectivity index (χ1v) is 9.84. The maximum absolute atomic E-state index is 12.8. The lowest BCUT2D eigenvalue weighted by Crippen LogP contribution is -2.21. The first-order chi connectivity index (χ1) is 14.1. The summed E-state index contributed by atoms with van der Waals surface area (Å²) in [4.78, 5) is 25.7. The average molecular weight is 437 g/mol. The van der Waals surface area contributed by atoms with Crippen LogP contribution in [-0.2, 0) is 16.2 Å². The van der Waals surface area contributed by atoms with Crippen molar-refractivity contribution < 1.29 is 26.4 Å². The Hall–Kier alpha value is -3.60. The number of anilines is 2. The summed E-state index contributed by atoms with van der Waals surface area (Å²) in [6.45, 7) is 0. The van der Waals surface area contributed by atoms with Crippen LogP contribution < -0.4 is 15.6 Å². The zero-order chi connectivity index (χ0) is 21.9. The smallest absolute Gasteiger partial charge is 0.327 e. The molecule has 0 unspecified atom stereocenters. The number of alkyl halides is 3. The Balaban J connectivity index is 1.78. The van der Waals surface area contributed by atoms with E-state index in [0.29, 0.717) is 18.0 Å². The number of carbonyl (C=O) groups is 1. The quantitative estimate of drug-likeness (QED) is 0.568. The summed E-state index contributed by atoms with van der Waals surface area (Å²) < 4.78 is 65.5. The van der Waals surface area contributed by atoms with E-state index in [9.17, 15) is 31.2 Å². The fourth-order valence-corrected chi connectivity index (χ4v) is 3.50. The lowest BCUT2D eigenvalue weighted by atomic mass is 10.2. The van der Waals surface area contributed by atoms with Crippen LogP contribution in [0.25, 0.3) is 0 Å². The maximum atomic E-state index is 12.8. The number of aromatic nitrogens is 1. The molecule has 0 bridgehead atoms. The topological polar surface area (TPSA) is 108 Å². The van der Waals surface area contributed by atoms with Crippen LogP contribution in [0.1, 0.15) is 15.9 Å². The van der Waals surface area contributed by atoms with Gasteiger partial charge in [-0.25, -0.2) is 8.42 Å². The Labute approximate surface area is 168 Å². The number of H-pyrrole nitrogens is 1. The van der Waals surface area contributed by atoms with Crippen molar-refractivity contribution in [1.82, 2.24) is 4.98 Å². The molecule has 3 rings (SSSR count). The summed E-state index contributed by atoms with van der Waals surface area (Å²) in [6, 6.07) is 13.3. The second-order valence-corrected chi connectivity index (χ2v) is 7.76. The first-order valence-electron chi connectivity index (χ1n) is 8.35. The number of aromatic amines is 1. The third kappa shape index (κ3) is 4.87. The third-order valence-corrected chi connectivity index (χ3v) is 5.33. The maximum Gasteiger partial charge on any atom is 0.417 e. The summed E-state index contributed by atoms with van der Waals surface area (Å²) in [7, 11) is -3.91. The molecule has 0 aliphatic heterocycles. The molecule has 0 saturated carbocycles. The molecule has 156 valence electrons. The van der Waals surface area contributed by atoms with Crippen molar-refractivity contribution in [3.05, 3.63) is 88.3 Å². The molecule has 0 aliphatic carbocycles. The van der Waals surface area contributed by atoms with Gasteiger partial charge in [-0.3, -0.25) is 14.3 Å². The summed E-state index contributed by atoms with van der Waals surface area (Å²) in [5.74, 6) is -0.875. The molecule has 0 aliphatic rings. The summed E-state index contributed by atoms with van der Waals surface area (Å²) in [6.07, 6.45) is -4.21. The lowest BCUT2D eigenvalue weighted by molar-refractivity contribution is -0.137. The van der Waals surface area contributed by atoms with Gasteiger partial charge in [0.2, 0.25) is 0 Å². The van der Waals surface area contributed by atoms with Crippen LogP contribution in [0.4, 0.5) is 24.5 Å². The number of benzene rings is 2. The minimum atomic E-state index is -4.70. The van der Waals surface area contributed by atoms with Gasteiger partial charge < -0.3 is 10.3 Å². The number of amides is 1. The van der Waals surface area contributed by atoms with Crippen molar-refractivity contribution in [3.8, 4) is 0 Å². The van der Waals surface area contributed by atoms with E-state index in [0.717, 1.165) is 12.1 Å². The number of pyridine rings is 1. The summed E-state index contributed by atoms with van der Waals surface area (Å²) >= 11 is 0. The van der Waals surface area contributed by atoms with Crippen LogP contribution >= 0.6 is 0 Å². The van der Waals surface area contributed by atoms with Crippen molar-refractivity contribution >= 4 is 27.3 Å². The van der Waals surface area contributed by atoms with E-state index in [1.807, 2.05) is 4.98 Å². The number of halogens is 3. The predicted octanol–water partition coefficient (Wildman–Crippen LogP) is 3.45. The van der Waals surface area contributed by atoms with Crippen LogP contribution in [0.2, 0.25) is 0 Å². The monoisotopic (exact) mass is 437 g/mol. The third-order valence-electron chi connectivity index (χ3n) is 3.93. The number of hydrogen-bond donors (Lipinski definition) is 3. The van der Waals surface area contributed by atoms with E-state index in [2.05, 4.69) is 10.0 Å². The van der Waals surface area contributed by atoms with Gasteiger partial charge in [0.1, 0.15) is 5.69 Å². The standard InChI is InChI=1S/C19H14F3N3O4S/c20-19(21,22)13-10-16(18(27)23-11-13)24-17(26)12-6-8-15(9-7-12)30(28,29)25-14-4-2-1-3-5-14/h1-11,25H,(H,23,27)(H,24,26). The highest BCUT2D eigenvalue weighted by Crippen LogP contribution is 2.29. The van der Waals surface area contributed by atoms with Crippen LogP contribution in [0.15, 0.2) is 76.6 Å². The van der Waals surface area contributed by atoms with Crippen molar-refractivity contribution in [2.75, 3.05) is 10.0 Å². The van der Waals surface area contributed by atoms with E-state index in [1.54, 1.807) is 30.3 Å². The van der Waals surface area contributed by atoms with Gasteiger partial charge in [-0.15, -0.1) is 0 Å². The largest absolute Gasteiger partial charge is 0.417 e. The predicted molar refractivity (Wildman–Crippen MR) is 104 cm³/mol. The molecule has 0 radical (unpaired) electrons. The summed E-state index contributed by atoms with van der Waals surface area (Å²) in [5, 5.41) is 2.09. The molecule has 1 amide bonds. The van der Waals surface area contributed by atoms with Crippen LogP contribution in [-0.4, -0.2) is 19.3 Å². The minimum Gasteiger partial charge on any atom is -0.327 e.